The monoisotopic (exact) mass is 226 g/mol. The standard InChI is InChI=1S/C13H26N2O/c1-3-12(4-2)11-14-8-7-13(16)15-9-5-6-10-15/h12,14H,3-11H2,1-2H3. The van der Waals surface area contributed by atoms with Gasteiger partial charge in [-0.15, -0.1) is 0 Å². The summed E-state index contributed by atoms with van der Waals surface area (Å²) in [5.41, 5.74) is 0. The maximum absolute atomic E-state index is 11.7. The summed E-state index contributed by atoms with van der Waals surface area (Å²) in [7, 11) is 0. The third kappa shape index (κ3) is 4.52. The minimum absolute atomic E-state index is 0.328. The number of nitrogens with one attached hydrogen (secondary N) is 1. The Balaban J connectivity index is 2.03. The normalized spacial score (nSPS) is 16.1. The van der Waals surface area contributed by atoms with E-state index in [-0.39, 0.29) is 0 Å². The fourth-order valence-electron chi connectivity index (χ4n) is 2.20. The summed E-state index contributed by atoms with van der Waals surface area (Å²) in [6.45, 7) is 8.30. The molecule has 1 heterocycles. The van der Waals surface area contributed by atoms with Crippen molar-refractivity contribution in [2.24, 2.45) is 5.92 Å². The Bertz CT molecular complexity index is 196. The predicted molar refractivity (Wildman–Crippen MR) is 67.4 cm³/mol. The second-order valence-corrected chi connectivity index (χ2v) is 4.72. The molecule has 94 valence electrons. The van der Waals surface area contributed by atoms with Crippen molar-refractivity contribution in [2.45, 2.75) is 46.0 Å². The summed E-state index contributed by atoms with van der Waals surface area (Å²) in [5, 5.41) is 3.39. The van der Waals surface area contributed by atoms with Crippen LogP contribution in [0.1, 0.15) is 46.0 Å². The van der Waals surface area contributed by atoms with Crippen LogP contribution in [-0.4, -0.2) is 37.0 Å². The Hall–Kier alpha value is -0.570. The first-order valence-electron chi connectivity index (χ1n) is 6.76. The molecule has 1 fully saturated rings. The van der Waals surface area contributed by atoms with Gasteiger partial charge in [-0.25, -0.2) is 0 Å². The molecule has 3 nitrogen and oxygen atoms in total. The molecule has 0 radical (unpaired) electrons. The van der Waals surface area contributed by atoms with Crippen molar-refractivity contribution in [2.75, 3.05) is 26.2 Å². The van der Waals surface area contributed by atoms with Crippen molar-refractivity contribution in [3.8, 4) is 0 Å². The van der Waals surface area contributed by atoms with E-state index in [1.54, 1.807) is 0 Å². The van der Waals surface area contributed by atoms with Crippen molar-refractivity contribution >= 4 is 5.91 Å². The first-order valence-corrected chi connectivity index (χ1v) is 6.76. The van der Waals surface area contributed by atoms with Gasteiger partial charge in [0.15, 0.2) is 0 Å². The van der Waals surface area contributed by atoms with E-state index in [9.17, 15) is 4.79 Å². The van der Waals surface area contributed by atoms with Crippen LogP contribution in [-0.2, 0) is 4.79 Å². The van der Waals surface area contributed by atoms with Crippen LogP contribution >= 0.6 is 0 Å². The first kappa shape index (κ1) is 13.5. The fourth-order valence-corrected chi connectivity index (χ4v) is 2.20. The van der Waals surface area contributed by atoms with E-state index in [1.165, 1.54) is 25.7 Å². The zero-order valence-corrected chi connectivity index (χ0v) is 10.8. The highest BCUT2D eigenvalue weighted by Gasteiger charge is 2.16. The third-order valence-electron chi connectivity index (χ3n) is 3.56. The summed E-state index contributed by atoms with van der Waals surface area (Å²) in [6, 6.07) is 0. The Morgan fingerprint density at radius 1 is 1.25 bits per heavy atom. The Kier molecular flexibility index (Phi) is 6.46. The number of nitrogens with zero attached hydrogens (tertiary/aromatic N) is 1. The van der Waals surface area contributed by atoms with E-state index in [4.69, 9.17) is 0 Å². The van der Waals surface area contributed by atoms with Crippen LogP contribution in [0.2, 0.25) is 0 Å². The number of amides is 1. The minimum Gasteiger partial charge on any atom is -0.343 e. The molecule has 1 N–H and O–H groups in total. The Labute approximate surface area is 99.6 Å². The summed E-state index contributed by atoms with van der Waals surface area (Å²) in [5.74, 6) is 1.09. The molecule has 16 heavy (non-hydrogen) atoms. The lowest BCUT2D eigenvalue weighted by molar-refractivity contribution is -0.130. The van der Waals surface area contributed by atoms with Gasteiger partial charge in [0, 0.05) is 26.1 Å². The number of likely N-dealkylation sites (tertiary alicyclic amines) is 1. The summed E-state index contributed by atoms with van der Waals surface area (Å²) in [4.78, 5) is 13.7. The average molecular weight is 226 g/mol. The highest BCUT2D eigenvalue weighted by molar-refractivity contribution is 5.76. The molecule has 0 unspecified atom stereocenters. The molecule has 3 heteroatoms. The Morgan fingerprint density at radius 3 is 2.44 bits per heavy atom. The topological polar surface area (TPSA) is 32.3 Å². The van der Waals surface area contributed by atoms with E-state index in [0.717, 1.165) is 32.1 Å². The molecule has 1 aliphatic heterocycles. The molecule has 0 saturated carbocycles. The van der Waals surface area contributed by atoms with Gasteiger partial charge < -0.3 is 10.2 Å². The van der Waals surface area contributed by atoms with Gasteiger partial charge in [0.05, 0.1) is 0 Å². The van der Waals surface area contributed by atoms with Crippen LogP contribution in [0.3, 0.4) is 0 Å². The lowest BCUT2D eigenvalue weighted by Gasteiger charge is -2.16. The minimum atomic E-state index is 0.328. The zero-order chi connectivity index (χ0) is 11.8. The van der Waals surface area contributed by atoms with Crippen molar-refractivity contribution in [3.05, 3.63) is 0 Å². The second kappa shape index (κ2) is 7.66. The van der Waals surface area contributed by atoms with Gasteiger partial charge in [0.2, 0.25) is 5.91 Å². The lowest BCUT2D eigenvalue weighted by atomic mass is 10.0. The lowest BCUT2D eigenvalue weighted by Crippen LogP contribution is -2.32. The van der Waals surface area contributed by atoms with E-state index in [2.05, 4.69) is 19.2 Å². The number of rotatable bonds is 7. The molecule has 0 spiro atoms. The van der Waals surface area contributed by atoms with Gasteiger partial charge >= 0.3 is 0 Å². The molecular weight excluding hydrogens is 200 g/mol. The molecule has 0 aliphatic carbocycles. The molecule has 1 aliphatic rings. The van der Waals surface area contributed by atoms with Crippen LogP contribution in [0.15, 0.2) is 0 Å². The number of carbonyl (C=O) groups excluding carboxylic acids is 1. The number of hydrogen-bond donors (Lipinski definition) is 1. The molecule has 1 rings (SSSR count). The molecule has 1 amide bonds. The van der Waals surface area contributed by atoms with Gasteiger partial charge in [-0.2, -0.15) is 0 Å². The molecule has 0 bridgehead atoms. The van der Waals surface area contributed by atoms with Gasteiger partial charge in [-0.3, -0.25) is 4.79 Å². The number of hydrogen-bond acceptors (Lipinski definition) is 2. The van der Waals surface area contributed by atoms with Gasteiger partial charge in [-0.1, -0.05) is 26.7 Å². The maximum atomic E-state index is 11.7. The van der Waals surface area contributed by atoms with Crippen molar-refractivity contribution in [1.29, 1.82) is 0 Å². The number of carbonyl (C=O) groups is 1. The van der Waals surface area contributed by atoms with Gasteiger partial charge in [0.1, 0.15) is 0 Å². The quantitative estimate of drug-likeness (QED) is 0.674. The van der Waals surface area contributed by atoms with E-state index in [1.807, 2.05) is 4.90 Å². The zero-order valence-electron chi connectivity index (χ0n) is 10.8. The summed E-state index contributed by atoms with van der Waals surface area (Å²) < 4.78 is 0. The van der Waals surface area contributed by atoms with Gasteiger partial charge in [-0.05, 0) is 25.3 Å². The van der Waals surface area contributed by atoms with Crippen LogP contribution in [0.4, 0.5) is 0 Å². The highest BCUT2D eigenvalue weighted by Crippen LogP contribution is 2.08. The van der Waals surface area contributed by atoms with Crippen molar-refractivity contribution < 1.29 is 4.79 Å². The van der Waals surface area contributed by atoms with Crippen molar-refractivity contribution in [1.82, 2.24) is 10.2 Å². The third-order valence-corrected chi connectivity index (χ3v) is 3.56. The molecule has 0 aromatic carbocycles. The summed E-state index contributed by atoms with van der Waals surface area (Å²) >= 11 is 0. The SMILES string of the molecule is CCC(CC)CNCCC(=O)N1CCCC1. The molecule has 0 aromatic rings. The predicted octanol–water partition coefficient (Wildman–Crippen LogP) is 2.02. The van der Waals surface area contributed by atoms with E-state index in [0.29, 0.717) is 12.3 Å². The second-order valence-electron chi connectivity index (χ2n) is 4.72. The van der Waals surface area contributed by atoms with Crippen molar-refractivity contribution in [3.63, 3.8) is 0 Å². The average Bonchev–Trinajstić information content (AvgIpc) is 2.82. The van der Waals surface area contributed by atoms with Crippen LogP contribution in [0.5, 0.6) is 0 Å². The molecule has 0 atom stereocenters. The molecular formula is C13H26N2O. The van der Waals surface area contributed by atoms with Crippen LogP contribution in [0, 0.1) is 5.92 Å². The van der Waals surface area contributed by atoms with E-state index < -0.39 is 0 Å². The maximum Gasteiger partial charge on any atom is 0.223 e. The first-order chi connectivity index (χ1) is 7.77. The largest absolute Gasteiger partial charge is 0.343 e. The highest BCUT2D eigenvalue weighted by atomic mass is 16.2. The summed E-state index contributed by atoms with van der Waals surface area (Å²) in [6.07, 6.45) is 5.49. The smallest absolute Gasteiger partial charge is 0.223 e. The van der Waals surface area contributed by atoms with Gasteiger partial charge in [0.25, 0.3) is 0 Å². The Morgan fingerprint density at radius 2 is 1.88 bits per heavy atom. The fraction of sp³-hybridized carbons (Fsp3) is 0.923. The van der Waals surface area contributed by atoms with Crippen LogP contribution < -0.4 is 5.32 Å². The molecule has 0 aromatic heterocycles. The molecule has 1 saturated heterocycles. The van der Waals surface area contributed by atoms with E-state index >= 15 is 0 Å². The van der Waals surface area contributed by atoms with Crippen LogP contribution in [0.25, 0.3) is 0 Å².